The number of aliphatic imine (C=N–C) groups is 1. The van der Waals surface area contributed by atoms with Crippen LogP contribution in [-0.2, 0) is 0 Å². The predicted molar refractivity (Wildman–Crippen MR) is 84.3 cm³/mol. The van der Waals surface area contributed by atoms with Crippen LogP contribution in [0.5, 0.6) is 5.75 Å². The number of aliphatic hydroxyl groups excluding tert-OH is 1. The first-order valence-electron chi connectivity index (χ1n) is 6.97. The first-order valence-corrected chi connectivity index (χ1v) is 6.97. The standard InChI is InChI=1S/C17H16N4O2/c1-4-7-21(11-20-10-19)15-13-8-12(9-18)5-6-14(13)23-17(2,3)16(15)22/h1,5-6,8,11,15-16,22H,7H2,2-3H3/t15-,16+/m1/s1. The molecular weight excluding hydrogens is 292 g/mol. The number of fused-ring (bicyclic) bond motifs is 1. The van der Waals surface area contributed by atoms with Crippen LogP contribution >= 0.6 is 0 Å². The number of hydrogen-bond acceptors (Lipinski definition) is 5. The van der Waals surface area contributed by atoms with E-state index in [-0.39, 0.29) is 6.54 Å². The van der Waals surface area contributed by atoms with Crippen molar-refractivity contribution in [2.75, 3.05) is 6.54 Å². The minimum Gasteiger partial charge on any atom is -0.485 e. The summed E-state index contributed by atoms with van der Waals surface area (Å²) in [6.07, 6.45) is 7.44. The minimum absolute atomic E-state index is 0.152. The molecule has 1 aromatic rings. The van der Waals surface area contributed by atoms with Gasteiger partial charge >= 0.3 is 0 Å². The van der Waals surface area contributed by atoms with E-state index in [9.17, 15) is 5.11 Å². The molecule has 0 bridgehead atoms. The lowest BCUT2D eigenvalue weighted by atomic mass is 9.85. The van der Waals surface area contributed by atoms with Crippen LogP contribution in [0, 0.1) is 35.1 Å². The first kappa shape index (κ1) is 16.4. The fourth-order valence-electron chi connectivity index (χ4n) is 2.61. The van der Waals surface area contributed by atoms with Gasteiger partial charge in [-0.2, -0.15) is 15.5 Å². The molecule has 2 rings (SSSR count). The molecule has 0 saturated carbocycles. The third-order valence-corrected chi connectivity index (χ3v) is 3.74. The first-order chi connectivity index (χ1) is 10.9. The lowest BCUT2D eigenvalue weighted by molar-refractivity contribution is -0.0793. The molecule has 0 aromatic heterocycles. The largest absolute Gasteiger partial charge is 0.485 e. The summed E-state index contributed by atoms with van der Waals surface area (Å²) in [7, 11) is 0. The van der Waals surface area contributed by atoms with Gasteiger partial charge < -0.3 is 14.7 Å². The smallest absolute Gasteiger partial charge is 0.207 e. The van der Waals surface area contributed by atoms with Crippen LogP contribution < -0.4 is 4.74 Å². The topological polar surface area (TPSA) is 92.6 Å². The van der Waals surface area contributed by atoms with E-state index in [0.717, 1.165) is 0 Å². The molecule has 1 aliphatic rings. The Labute approximate surface area is 135 Å². The van der Waals surface area contributed by atoms with Crippen LogP contribution in [0.15, 0.2) is 23.2 Å². The molecule has 0 spiro atoms. The van der Waals surface area contributed by atoms with Crippen molar-refractivity contribution in [3.8, 4) is 30.4 Å². The van der Waals surface area contributed by atoms with Crippen molar-refractivity contribution in [3.63, 3.8) is 0 Å². The van der Waals surface area contributed by atoms with E-state index >= 15 is 0 Å². The van der Waals surface area contributed by atoms with Crippen LogP contribution in [0.1, 0.15) is 31.0 Å². The highest BCUT2D eigenvalue weighted by atomic mass is 16.5. The van der Waals surface area contributed by atoms with E-state index in [1.54, 1.807) is 43.1 Å². The second-order valence-electron chi connectivity index (χ2n) is 5.68. The summed E-state index contributed by atoms with van der Waals surface area (Å²) in [6, 6.07) is 6.50. The molecular formula is C17H16N4O2. The number of nitriles is 2. The van der Waals surface area contributed by atoms with Gasteiger partial charge in [0, 0.05) is 5.56 Å². The molecule has 116 valence electrons. The van der Waals surface area contributed by atoms with Crippen LogP contribution in [0.4, 0.5) is 0 Å². The molecule has 0 aliphatic carbocycles. The normalized spacial score (nSPS) is 21.4. The zero-order chi connectivity index (χ0) is 17.0. The summed E-state index contributed by atoms with van der Waals surface area (Å²) in [5.74, 6) is 3.06. The monoisotopic (exact) mass is 308 g/mol. The fourth-order valence-corrected chi connectivity index (χ4v) is 2.61. The number of nitrogens with zero attached hydrogens (tertiary/aromatic N) is 4. The van der Waals surface area contributed by atoms with Gasteiger partial charge in [0.15, 0.2) is 0 Å². The summed E-state index contributed by atoms with van der Waals surface area (Å²) < 4.78 is 5.85. The van der Waals surface area contributed by atoms with Crippen molar-refractivity contribution >= 4 is 6.34 Å². The molecule has 0 fully saturated rings. The SMILES string of the molecule is C#CCN(C=NC#N)[C@@H]1c2cc(C#N)ccc2OC(C)(C)[C@H]1O. The van der Waals surface area contributed by atoms with Gasteiger partial charge in [-0.3, -0.25) is 0 Å². The van der Waals surface area contributed by atoms with E-state index < -0.39 is 17.7 Å². The molecule has 1 heterocycles. The summed E-state index contributed by atoms with van der Waals surface area (Å²) in [4.78, 5) is 5.15. The van der Waals surface area contributed by atoms with E-state index in [2.05, 4.69) is 17.0 Å². The van der Waals surface area contributed by atoms with Gasteiger partial charge in [0.05, 0.1) is 24.2 Å². The average molecular weight is 308 g/mol. The summed E-state index contributed by atoms with van der Waals surface area (Å²) in [5.41, 5.74) is 0.219. The third kappa shape index (κ3) is 3.11. The average Bonchev–Trinajstić information content (AvgIpc) is 2.52. The van der Waals surface area contributed by atoms with Crippen molar-refractivity contribution in [3.05, 3.63) is 29.3 Å². The van der Waals surface area contributed by atoms with Gasteiger partial charge in [-0.1, -0.05) is 5.92 Å². The summed E-state index contributed by atoms with van der Waals surface area (Å²) in [5, 5.41) is 28.5. The Hall–Kier alpha value is -3.01. The van der Waals surface area contributed by atoms with E-state index in [0.29, 0.717) is 16.9 Å². The van der Waals surface area contributed by atoms with Gasteiger partial charge in [0.2, 0.25) is 6.19 Å². The zero-order valence-corrected chi connectivity index (χ0v) is 12.9. The van der Waals surface area contributed by atoms with Gasteiger partial charge in [0.1, 0.15) is 23.8 Å². The maximum Gasteiger partial charge on any atom is 0.207 e. The van der Waals surface area contributed by atoms with Crippen LogP contribution in [-0.4, -0.2) is 34.6 Å². The molecule has 0 saturated heterocycles. The number of ether oxygens (including phenoxy) is 1. The Bertz CT molecular complexity index is 749. The van der Waals surface area contributed by atoms with Crippen molar-refractivity contribution in [1.29, 1.82) is 10.5 Å². The third-order valence-electron chi connectivity index (χ3n) is 3.74. The maximum absolute atomic E-state index is 10.7. The number of hydrogen-bond donors (Lipinski definition) is 1. The van der Waals surface area contributed by atoms with Crippen LogP contribution in [0.25, 0.3) is 0 Å². The van der Waals surface area contributed by atoms with E-state index in [4.69, 9.17) is 21.7 Å². The highest BCUT2D eigenvalue weighted by Crippen LogP contribution is 2.42. The molecule has 0 unspecified atom stereocenters. The Kier molecular flexibility index (Phi) is 4.55. The van der Waals surface area contributed by atoms with Crippen LogP contribution in [0.2, 0.25) is 0 Å². The molecule has 1 aromatic carbocycles. The molecule has 6 heteroatoms. The molecule has 2 atom stereocenters. The predicted octanol–water partition coefficient (Wildman–Crippen LogP) is 1.58. The lowest BCUT2D eigenvalue weighted by Gasteiger charge is -2.45. The molecule has 0 radical (unpaired) electrons. The lowest BCUT2D eigenvalue weighted by Crippen LogP contribution is -2.53. The van der Waals surface area contributed by atoms with Crippen molar-refractivity contribution in [2.24, 2.45) is 4.99 Å². The number of aliphatic hydroxyl groups is 1. The number of terminal acetylenes is 1. The Morgan fingerprint density at radius 3 is 2.83 bits per heavy atom. The van der Waals surface area contributed by atoms with E-state index in [1.165, 1.54) is 6.34 Å². The van der Waals surface area contributed by atoms with Crippen molar-refractivity contribution in [2.45, 2.75) is 31.6 Å². The Morgan fingerprint density at radius 2 is 2.22 bits per heavy atom. The molecule has 6 nitrogen and oxygen atoms in total. The van der Waals surface area contributed by atoms with Gasteiger partial charge in [-0.25, -0.2) is 0 Å². The van der Waals surface area contributed by atoms with Gasteiger partial charge in [-0.05, 0) is 32.0 Å². The maximum atomic E-state index is 10.7. The number of benzene rings is 1. The Balaban J connectivity index is 2.60. The number of rotatable bonds is 3. The van der Waals surface area contributed by atoms with Crippen molar-refractivity contribution in [1.82, 2.24) is 4.90 Å². The van der Waals surface area contributed by atoms with E-state index in [1.807, 2.05) is 0 Å². The zero-order valence-electron chi connectivity index (χ0n) is 12.9. The summed E-state index contributed by atoms with van der Waals surface area (Å²) in [6.45, 7) is 3.68. The van der Waals surface area contributed by atoms with Crippen LogP contribution in [0.3, 0.4) is 0 Å². The van der Waals surface area contributed by atoms with Gasteiger partial charge in [-0.15, -0.1) is 6.42 Å². The summed E-state index contributed by atoms with van der Waals surface area (Å²) >= 11 is 0. The molecule has 1 N–H and O–H groups in total. The molecule has 0 amide bonds. The van der Waals surface area contributed by atoms with Gasteiger partial charge in [0.25, 0.3) is 0 Å². The Morgan fingerprint density at radius 1 is 1.48 bits per heavy atom. The second-order valence-corrected chi connectivity index (χ2v) is 5.68. The quantitative estimate of drug-likeness (QED) is 0.396. The molecule has 1 aliphatic heterocycles. The highest BCUT2D eigenvalue weighted by Gasteiger charge is 2.45. The fraction of sp³-hybridized carbons (Fsp3) is 0.353. The highest BCUT2D eigenvalue weighted by molar-refractivity contribution is 5.60. The molecule has 23 heavy (non-hydrogen) atoms. The minimum atomic E-state index is -0.928. The van der Waals surface area contributed by atoms with Crippen molar-refractivity contribution < 1.29 is 9.84 Å². The second kappa shape index (κ2) is 6.40.